The molecule has 4 nitrogen and oxygen atoms in total. The molecule has 0 aromatic carbocycles. The second-order valence-corrected chi connectivity index (χ2v) is 4.50. The summed E-state index contributed by atoms with van der Waals surface area (Å²) in [5.41, 5.74) is 1.15. The molecule has 5 heteroatoms. The van der Waals surface area contributed by atoms with Gasteiger partial charge in [0.2, 0.25) is 0 Å². The Morgan fingerprint density at radius 2 is 2.40 bits per heavy atom. The zero-order chi connectivity index (χ0) is 11.0. The van der Waals surface area contributed by atoms with Crippen LogP contribution in [0.3, 0.4) is 0 Å². The van der Waals surface area contributed by atoms with Crippen LogP contribution in [-0.4, -0.2) is 15.4 Å². The molecule has 0 saturated carbocycles. The lowest BCUT2D eigenvalue weighted by atomic mass is 10.2. The summed E-state index contributed by atoms with van der Waals surface area (Å²) in [6, 6.07) is 1.93. The summed E-state index contributed by atoms with van der Waals surface area (Å²) in [4.78, 5) is 10.6. The molecule has 0 aliphatic rings. The molecule has 0 amide bonds. The fourth-order valence-corrected chi connectivity index (χ4v) is 2.11. The highest BCUT2D eigenvalue weighted by molar-refractivity contribution is 7.13. The highest BCUT2D eigenvalue weighted by Crippen LogP contribution is 2.30. The number of carbonyl (C=O) groups is 1. The van der Waals surface area contributed by atoms with Gasteiger partial charge in [0, 0.05) is 5.92 Å². The quantitative estimate of drug-likeness (QED) is 0.872. The maximum atomic E-state index is 10.6. The lowest BCUT2D eigenvalue weighted by molar-refractivity contribution is -0.136. The van der Waals surface area contributed by atoms with E-state index in [1.165, 1.54) is 11.5 Å². The largest absolute Gasteiger partial charge is 0.481 e. The van der Waals surface area contributed by atoms with Crippen molar-refractivity contribution in [3.63, 3.8) is 0 Å². The topological polar surface area (TPSA) is 63.3 Å². The predicted molar refractivity (Wildman–Crippen MR) is 57.3 cm³/mol. The minimum Gasteiger partial charge on any atom is -0.481 e. The van der Waals surface area contributed by atoms with Crippen LogP contribution in [-0.2, 0) is 11.2 Å². The Hall–Kier alpha value is -1.36. The zero-order valence-corrected chi connectivity index (χ0v) is 9.30. The van der Waals surface area contributed by atoms with E-state index in [2.05, 4.69) is 4.37 Å². The summed E-state index contributed by atoms with van der Waals surface area (Å²) < 4.78 is 10.6. The molecule has 0 atom stereocenters. The van der Waals surface area contributed by atoms with Crippen LogP contribution in [0.15, 0.2) is 10.5 Å². The Labute approximate surface area is 90.7 Å². The molecule has 0 spiro atoms. The number of aromatic nitrogens is 1. The van der Waals surface area contributed by atoms with Crippen LogP contribution in [0.4, 0.5) is 0 Å². The van der Waals surface area contributed by atoms with E-state index in [9.17, 15) is 4.79 Å². The normalized spacial score (nSPS) is 11.4. The number of hydrogen-bond donors (Lipinski definition) is 1. The molecule has 1 N–H and O–H groups in total. The van der Waals surface area contributed by atoms with Crippen molar-refractivity contribution in [2.75, 3.05) is 0 Å². The molecule has 0 aliphatic carbocycles. The van der Waals surface area contributed by atoms with Crippen LogP contribution in [0.5, 0.6) is 0 Å². The van der Waals surface area contributed by atoms with Crippen LogP contribution in [0, 0.1) is 0 Å². The minimum atomic E-state index is -0.885. The van der Waals surface area contributed by atoms with Gasteiger partial charge in [-0.05, 0) is 17.6 Å². The summed E-state index contributed by atoms with van der Waals surface area (Å²) in [7, 11) is 0. The van der Waals surface area contributed by atoms with Crippen molar-refractivity contribution in [1.82, 2.24) is 4.37 Å². The van der Waals surface area contributed by atoms with E-state index in [1.54, 1.807) is 0 Å². The van der Waals surface area contributed by atoms with E-state index in [-0.39, 0.29) is 6.42 Å². The van der Waals surface area contributed by atoms with Gasteiger partial charge in [-0.25, -0.2) is 0 Å². The molecule has 2 aromatic rings. The Morgan fingerprint density at radius 3 is 3.00 bits per heavy atom. The van der Waals surface area contributed by atoms with Crippen molar-refractivity contribution in [3.05, 3.63) is 17.5 Å². The number of furan rings is 1. The Kier molecular flexibility index (Phi) is 2.48. The molecule has 80 valence electrons. The molecular weight excluding hydrogens is 214 g/mol. The second kappa shape index (κ2) is 3.66. The van der Waals surface area contributed by atoms with E-state index in [0.717, 1.165) is 10.5 Å². The van der Waals surface area contributed by atoms with Gasteiger partial charge in [0.1, 0.15) is 11.5 Å². The third kappa shape index (κ3) is 1.87. The van der Waals surface area contributed by atoms with Crippen molar-refractivity contribution in [3.8, 4) is 0 Å². The molecule has 2 rings (SSSR count). The second-order valence-electron chi connectivity index (χ2n) is 3.70. The number of fused-ring (bicyclic) bond motifs is 1. The first-order chi connectivity index (χ1) is 7.08. The molecular formula is C10H11NO3S. The van der Waals surface area contributed by atoms with Crippen molar-refractivity contribution in [1.29, 1.82) is 0 Å². The molecule has 0 fully saturated rings. The van der Waals surface area contributed by atoms with Crippen LogP contribution in [0.1, 0.15) is 31.2 Å². The third-order valence-electron chi connectivity index (χ3n) is 2.12. The molecule has 15 heavy (non-hydrogen) atoms. The molecule has 0 saturated heterocycles. The monoisotopic (exact) mass is 225 g/mol. The van der Waals surface area contributed by atoms with Crippen LogP contribution < -0.4 is 0 Å². The molecule has 2 aromatic heterocycles. The van der Waals surface area contributed by atoms with Crippen molar-refractivity contribution >= 4 is 27.8 Å². The molecule has 2 heterocycles. The van der Waals surface area contributed by atoms with Crippen molar-refractivity contribution in [2.24, 2.45) is 0 Å². The maximum absolute atomic E-state index is 10.6. The number of nitrogens with zero attached hydrogens (tertiary/aromatic N) is 1. The Bertz CT molecular complexity index is 498. The van der Waals surface area contributed by atoms with Gasteiger partial charge in [-0.2, -0.15) is 4.37 Å². The van der Waals surface area contributed by atoms with Crippen molar-refractivity contribution < 1.29 is 14.3 Å². The number of carboxylic acid groups (broad SMARTS) is 1. The molecule has 0 aliphatic heterocycles. The summed E-state index contributed by atoms with van der Waals surface area (Å²) in [5, 5.41) is 8.68. The first-order valence-corrected chi connectivity index (χ1v) is 5.45. The van der Waals surface area contributed by atoms with E-state index in [1.807, 2.05) is 19.9 Å². The van der Waals surface area contributed by atoms with Crippen LogP contribution >= 0.6 is 11.5 Å². The van der Waals surface area contributed by atoms with E-state index < -0.39 is 5.97 Å². The number of hydrogen-bond acceptors (Lipinski definition) is 4. The number of rotatable bonds is 3. The highest BCUT2D eigenvalue weighted by Gasteiger charge is 2.16. The van der Waals surface area contributed by atoms with E-state index >= 15 is 0 Å². The molecule has 0 bridgehead atoms. The zero-order valence-electron chi connectivity index (χ0n) is 8.48. The van der Waals surface area contributed by atoms with Gasteiger partial charge in [-0.3, -0.25) is 4.79 Å². The molecule has 0 unspecified atom stereocenters. The first-order valence-electron chi connectivity index (χ1n) is 4.67. The smallest absolute Gasteiger partial charge is 0.309 e. The lowest BCUT2D eigenvalue weighted by Gasteiger charge is -1.97. The van der Waals surface area contributed by atoms with Gasteiger partial charge < -0.3 is 9.52 Å². The fourth-order valence-electron chi connectivity index (χ4n) is 1.35. The van der Waals surface area contributed by atoms with Gasteiger partial charge in [-0.15, -0.1) is 0 Å². The Morgan fingerprint density at radius 1 is 1.67 bits per heavy atom. The summed E-state index contributed by atoms with van der Waals surface area (Å²) in [5.74, 6) is 0.303. The summed E-state index contributed by atoms with van der Waals surface area (Å²) in [6.45, 7) is 4.07. The minimum absolute atomic E-state index is 0.0783. The predicted octanol–water partition coefficient (Wildman–Crippen LogP) is 2.64. The average molecular weight is 225 g/mol. The first kappa shape index (κ1) is 10.2. The van der Waals surface area contributed by atoms with E-state index in [0.29, 0.717) is 17.2 Å². The highest BCUT2D eigenvalue weighted by atomic mass is 32.1. The lowest BCUT2D eigenvalue weighted by Crippen LogP contribution is -1.99. The fraction of sp³-hybridized carbons (Fsp3) is 0.400. The Balaban J connectivity index is 2.44. The summed E-state index contributed by atoms with van der Waals surface area (Å²) >= 11 is 1.29. The van der Waals surface area contributed by atoms with Crippen molar-refractivity contribution in [2.45, 2.75) is 26.2 Å². The average Bonchev–Trinajstić information content (AvgIpc) is 2.66. The van der Waals surface area contributed by atoms with Gasteiger partial charge in [0.25, 0.3) is 0 Å². The van der Waals surface area contributed by atoms with Gasteiger partial charge in [0.05, 0.1) is 11.1 Å². The summed E-state index contributed by atoms with van der Waals surface area (Å²) in [6.07, 6.45) is -0.0783. The third-order valence-corrected chi connectivity index (χ3v) is 2.93. The standard InChI is InChI=1S/C10H11NO3S/c1-5(2)7-4-8-10(14-7)6(11-15-8)3-9(12)13/h4-5H,3H2,1-2H3,(H,12,13). The van der Waals surface area contributed by atoms with Gasteiger partial charge in [-0.1, -0.05) is 13.8 Å². The maximum Gasteiger partial charge on any atom is 0.309 e. The van der Waals surface area contributed by atoms with Gasteiger partial charge in [0.15, 0.2) is 5.58 Å². The van der Waals surface area contributed by atoms with Crippen LogP contribution in [0.25, 0.3) is 10.3 Å². The molecule has 0 radical (unpaired) electrons. The SMILES string of the molecule is CC(C)c1cc2snc(CC(=O)O)c2o1. The number of carboxylic acids is 1. The van der Waals surface area contributed by atoms with Crippen LogP contribution in [0.2, 0.25) is 0 Å². The van der Waals surface area contributed by atoms with Gasteiger partial charge >= 0.3 is 5.97 Å². The number of aliphatic carboxylic acids is 1. The van der Waals surface area contributed by atoms with E-state index in [4.69, 9.17) is 9.52 Å².